The van der Waals surface area contributed by atoms with Crippen molar-refractivity contribution in [2.45, 2.75) is 6.10 Å². The Morgan fingerprint density at radius 1 is 1.29 bits per heavy atom. The molecule has 1 heterocycles. The maximum absolute atomic E-state index is 12.6. The summed E-state index contributed by atoms with van der Waals surface area (Å²) in [6.45, 7) is 0. The van der Waals surface area contributed by atoms with E-state index in [9.17, 15) is 20.0 Å². The van der Waals surface area contributed by atoms with Gasteiger partial charge in [0.2, 0.25) is 0 Å². The number of rotatable bonds is 5. The van der Waals surface area contributed by atoms with Gasteiger partial charge in [-0.1, -0.05) is 23.7 Å². The van der Waals surface area contributed by atoms with Crippen LogP contribution in [-0.4, -0.2) is 44.8 Å². The van der Waals surface area contributed by atoms with Crippen molar-refractivity contribution in [2.75, 3.05) is 14.1 Å². The van der Waals surface area contributed by atoms with Gasteiger partial charge >= 0.3 is 0 Å². The summed E-state index contributed by atoms with van der Waals surface area (Å²) in [5.74, 6) is 0. The highest BCUT2D eigenvalue weighted by Crippen LogP contribution is 2.22. The molecule has 144 valence electrons. The van der Waals surface area contributed by atoms with Crippen LogP contribution in [0, 0.1) is 10.1 Å². The largest absolute Gasteiger partial charge is 0.382 e. The van der Waals surface area contributed by atoms with Crippen LogP contribution in [0.3, 0.4) is 0 Å². The second kappa shape index (κ2) is 7.75. The van der Waals surface area contributed by atoms with Gasteiger partial charge < -0.3 is 15.1 Å². The number of aliphatic hydroxyl groups excluding tert-OH is 1. The number of nitrogens with zero attached hydrogens (tertiary/aromatic N) is 4. The minimum Gasteiger partial charge on any atom is -0.382 e. The van der Waals surface area contributed by atoms with E-state index in [1.54, 1.807) is 38.4 Å². The fraction of sp³-hybridized carbons (Fsp3) is 0.167. The minimum atomic E-state index is -1.23. The highest BCUT2D eigenvalue weighted by atomic mass is 35.5. The van der Waals surface area contributed by atoms with Crippen molar-refractivity contribution in [3.63, 3.8) is 0 Å². The van der Waals surface area contributed by atoms with Gasteiger partial charge in [0, 0.05) is 31.3 Å². The van der Waals surface area contributed by atoms with Gasteiger partial charge in [0.15, 0.2) is 5.69 Å². The molecule has 0 aliphatic rings. The number of nitrogens with one attached hydrogen (secondary N) is 1. The summed E-state index contributed by atoms with van der Waals surface area (Å²) >= 11 is 5.89. The number of non-ortho nitro benzene ring substituents is 1. The van der Waals surface area contributed by atoms with E-state index in [2.05, 4.69) is 15.1 Å². The summed E-state index contributed by atoms with van der Waals surface area (Å²) in [7, 11) is 3.29. The Morgan fingerprint density at radius 3 is 2.57 bits per heavy atom. The quantitative estimate of drug-likeness (QED) is 0.384. The molecule has 0 saturated carbocycles. The fourth-order valence-corrected chi connectivity index (χ4v) is 2.74. The molecule has 0 saturated heterocycles. The molecule has 0 aliphatic carbocycles. The molecule has 0 radical (unpaired) electrons. The number of nitro groups is 1. The molecule has 0 spiro atoms. The van der Waals surface area contributed by atoms with Crippen LogP contribution in [0.2, 0.25) is 5.02 Å². The number of benzene rings is 2. The molecule has 10 heteroatoms. The second-order valence-electron chi connectivity index (χ2n) is 6.16. The molecule has 0 aliphatic heterocycles. The van der Waals surface area contributed by atoms with E-state index >= 15 is 0 Å². The SMILES string of the molecule is CN(C)/N=C(\c1nc2ccc([N+](=O)[O-])cc2[nH]c1=O)[C@@H](O)c1ccc(Cl)cc1. The van der Waals surface area contributed by atoms with Gasteiger partial charge in [-0.05, 0) is 23.8 Å². The Morgan fingerprint density at radius 2 is 1.96 bits per heavy atom. The molecule has 2 aromatic carbocycles. The van der Waals surface area contributed by atoms with Crippen molar-refractivity contribution < 1.29 is 10.0 Å². The predicted molar refractivity (Wildman–Crippen MR) is 106 cm³/mol. The molecule has 0 fully saturated rings. The van der Waals surface area contributed by atoms with Crippen LogP contribution in [0.4, 0.5) is 5.69 Å². The van der Waals surface area contributed by atoms with Crippen LogP contribution >= 0.6 is 11.6 Å². The van der Waals surface area contributed by atoms with Crippen molar-refractivity contribution in [3.05, 3.63) is 79.2 Å². The topological polar surface area (TPSA) is 125 Å². The number of nitro benzene ring substituents is 1. The average molecular weight is 402 g/mol. The lowest BCUT2D eigenvalue weighted by Crippen LogP contribution is -2.27. The summed E-state index contributed by atoms with van der Waals surface area (Å²) in [4.78, 5) is 29.8. The third-order valence-electron chi connectivity index (χ3n) is 3.88. The second-order valence-corrected chi connectivity index (χ2v) is 6.60. The van der Waals surface area contributed by atoms with Gasteiger partial charge in [-0.3, -0.25) is 14.9 Å². The number of hydrogen-bond acceptors (Lipinski definition) is 7. The van der Waals surface area contributed by atoms with Gasteiger partial charge in [0.1, 0.15) is 11.8 Å². The first-order chi connectivity index (χ1) is 13.3. The van der Waals surface area contributed by atoms with Crippen molar-refractivity contribution >= 4 is 34.0 Å². The molecular formula is C18H16ClN5O4. The van der Waals surface area contributed by atoms with Crippen molar-refractivity contribution in [1.29, 1.82) is 0 Å². The summed E-state index contributed by atoms with van der Waals surface area (Å²) in [6.07, 6.45) is -1.23. The number of hydrogen-bond donors (Lipinski definition) is 2. The van der Waals surface area contributed by atoms with Crippen molar-refractivity contribution in [2.24, 2.45) is 5.10 Å². The number of aromatic amines is 1. The molecule has 0 amide bonds. The molecule has 1 atom stereocenters. The zero-order valence-corrected chi connectivity index (χ0v) is 15.7. The number of aromatic nitrogens is 2. The normalized spacial score (nSPS) is 12.8. The molecule has 3 aromatic rings. The van der Waals surface area contributed by atoms with Gasteiger partial charge in [0.05, 0.1) is 16.0 Å². The van der Waals surface area contributed by atoms with Crippen LogP contribution in [0.25, 0.3) is 11.0 Å². The Kier molecular flexibility index (Phi) is 5.39. The highest BCUT2D eigenvalue weighted by molar-refractivity contribution is 6.30. The fourth-order valence-electron chi connectivity index (χ4n) is 2.61. The molecule has 2 N–H and O–H groups in total. The maximum Gasteiger partial charge on any atom is 0.276 e. The number of aliphatic hydroxyl groups is 1. The van der Waals surface area contributed by atoms with Crippen LogP contribution in [0.5, 0.6) is 0 Å². The summed E-state index contributed by atoms with van der Waals surface area (Å²) in [5.41, 5.74) is 0.187. The first-order valence-electron chi connectivity index (χ1n) is 8.14. The van der Waals surface area contributed by atoms with Crippen molar-refractivity contribution in [1.82, 2.24) is 15.0 Å². The third-order valence-corrected chi connectivity index (χ3v) is 4.13. The van der Waals surface area contributed by atoms with E-state index < -0.39 is 16.6 Å². The van der Waals surface area contributed by atoms with E-state index in [1.165, 1.54) is 23.2 Å². The Labute approximate surface area is 164 Å². The number of fused-ring (bicyclic) bond motifs is 1. The molecule has 1 aromatic heterocycles. The molecule has 0 unspecified atom stereocenters. The third kappa shape index (κ3) is 4.00. The van der Waals surface area contributed by atoms with Crippen LogP contribution < -0.4 is 5.56 Å². The standard InChI is InChI=1S/C18H16ClN5O4/c1-23(2)22-15(17(25)10-3-5-11(19)6-4-10)16-18(26)21-14-9-12(24(27)28)7-8-13(14)20-16/h3-9,17,25H,1-2H3,(H,21,26)/b22-15+/t17-/m0/s1. The monoisotopic (exact) mass is 401 g/mol. The summed E-state index contributed by atoms with van der Waals surface area (Å²) in [5, 5.41) is 27.9. The minimum absolute atomic E-state index is 0.0359. The zero-order valence-electron chi connectivity index (χ0n) is 15.0. The van der Waals surface area contributed by atoms with E-state index in [0.717, 1.165) is 0 Å². The molecule has 28 heavy (non-hydrogen) atoms. The van der Waals surface area contributed by atoms with E-state index in [0.29, 0.717) is 16.1 Å². The maximum atomic E-state index is 12.6. The van der Waals surface area contributed by atoms with E-state index in [-0.39, 0.29) is 22.6 Å². The first-order valence-corrected chi connectivity index (χ1v) is 8.52. The Bertz CT molecular complexity index is 1130. The van der Waals surface area contributed by atoms with E-state index in [4.69, 9.17) is 11.6 Å². The zero-order chi connectivity index (χ0) is 20.4. The highest BCUT2D eigenvalue weighted by Gasteiger charge is 2.23. The average Bonchev–Trinajstić information content (AvgIpc) is 2.65. The first kappa shape index (κ1) is 19.5. The molecule has 0 bridgehead atoms. The Hall–Kier alpha value is -3.30. The van der Waals surface area contributed by atoms with Gasteiger partial charge in [-0.15, -0.1) is 0 Å². The van der Waals surface area contributed by atoms with Crippen LogP contribution in [-0.2, 0) is 0 Å². The lowest BCUT2D eigenvalue weighted by Gasteiger charge is -2.16. The molecular weight excluding hydrogens is 386 g/mol. The molecule has 9 nitrogen and oxygen atoms in total. The van der Waals surface area contributed by atoms with Gasteiger partial charge in [0.25, 0.3) is 11.2 Å². The smallest absolute Gasteiger partial charge is 0.276 e. The summed E-state index contributed by atoms with van der Waals surface area (Å²) in [6, 6.07) is 10.4. The lowest BCUT2D eigenvalue weighted by atomic mass is 10.0. The van der Waals surface area contributed by atoms with Gasteiger partial charge in [-0.2, -0.15) is 5.10 Å². The van der Waals surface area contributed by atoms with E-state index in [1.807, 2.05) is 0 Å². The number of halogens is 1. The number of hydrazone groups is 1. The number of H-pyrrole nitrogens is 1. The predicted octanol–water partition coefficient (Wildman–Crippen LogP) is 2.48. The van der Waals surface area contributed by atoms with Crippen LogP contribution in [0.15, 0.2) is 52.4 Å². The van der Waals surface area contributed by atoms with Gasteiger partial charge in [-0.25, -0.2) is 4.98 Å². The Balaban J connectivity index is 2.15. The summed E-state index contributed by atoms with van der Waals surface area (Å²) < 4.78 is 0. The lowest BCUT2D eigenvalue weighted by molar-refractivity contribution is -0.384. The van der Waals surface area contributed by atoms with Crippen LogP contribution in [0.1, 0.15) is 17.4 Å². The van der Waals surface area contributed by atoms with Crippen molar-refractivity contribution in [3.8, 4) is 0 Å². The molecule has 3 rings (SSSR count).